The Bertz CT molecular complexity index is 422. The molecule has 0 aliphatic carbocycles. The van der Waals surface area contributed by atoms with Gasteiger partial charge in [-0.25, -0.2) is 0 Å². The molecule has 120 valence electrons. The summed E-state index contributed by atoms with van der Waals surface area (Å²) < 4.78 is 11.1. The molecule has 0 radical (unpaired) electrons. The van der Waals surface area contributed by atoms with Gasteiger partial charge in [0.05, 0.1) is 6.54 Å². The van der Waals surface area contributed by atoms with Gasteiger partial charge in [-0.3, -0.25) is 4.90 Å². The molecule has 2 heterocycles. The van der Waals surface area contributed by atoms with Gasteiger partial charge in [-0.2, -0.15) is 4.98 Å². The molecule has 1 aliphatic heterocycles. The maximum atomic E-state index is 5.72. The third-order valence-electron chi connectivity index (χ3n) is 3.80. The first-order chi connectivity index (χ1) is 10.1. The lowest BCUT2D eigenvalue weighted by atomic mass is 10.1. The highest BCUT2D eigenvalue weighted by Crippen LogP contribution is 2.17. The summed E-state index contributed by atoms with van der Waals surface area (Å²) in [5.41, 5.74) is 0. The van der Waals surface area contributed by atoms with Crippen molar-refractivity contribution in [2.24, 2.45) is 5.92 Å². The fourth-order valence-electron chi connectivity index (χ4n) is 2.53. The Kier molecular flexibility index (Phi) is 6.14. The molecule has 1 N–H and O–H groups in total. The van der Waals surface area contributed by atoms with Crippen LogP contribution in [-0.2, 0) is 11.3 Å². The van der Waals surface area contributed by atoms with Crippen LogP contribution in [0.4, 0.5) is 0 Å². The molecule has 0 bridgehead atoms. The Morgan fingerprint density at radius 2 is 2.24 bits per heavy atom. The van der Waals surface area contributed by atoms with Gasteiger partial charge in [-0.1, -0.05) is 19.0 Å². The van der Waals surface area contributed by atoms with E-state index in [1.54, 1.807) is 0 Å². The van der Waals surface area contributed by atoms with Crippen molar-refractivity contribution in [3.8, 4) is 0 Å². The second-order valence-corrected chi connectivity index (χ2v) is 6.28. The Labute approximate surface area is 127 Å². The molecular formula is C15H28N4O2. The standard InChI is InChI=1S/C15H28N4O2/c1-11(2)10-20-12(3)15-17-14(21-18-15)9-19-7-5-6-13(8-19)16-4/h11-13,16H,5-10H2,1-4H3. The van der Waals surface area contributed by atoms with Gasteiger partial charge < -0.3 is 14.6 Å². The third-order valence-corrected chi connectivity index (χ3v) is 3.80. The number of aromatic nitrogens is 2. The van der Waals surface area contributed by atoms with Crippen LogP contribution in [0.5, 0.6) is 0 Å². The monoisotopic (exact) mass is 296 g/mol. The smallest absolute Gasteiger partial charge is 0.240 e. The first-order valence-corrected chi connectivity index (χ1v) is 7.92. The van der Waals surface area contributed by atoms with Crippen molar-refractivity contribution < 1.29 is 9.26 Å². The van der Waals surface area contributed by atoms with Crippen molar-refractivity contribution in [3.05, 3.63) is 11.7 Å². The molecule has 1 fully saturated rings. The fourth-order valence-corrected chi connectivity index (χ4v) is 2.53. The van der Waals surface area contributed by atoms with Crippen LogP contribution in [0.2, 0.25) is 0 Å². The number of rotatable bonds is 7. The molecule has 1 saturated heterocycles. The largest absolute Gasteiger partial charge is 0.370 e. The Morgan fingerprint density at radius 1 is 1.43 bits per heavy atom. The highest BCUT2D eigenvalue weighted by Gasteiger charge is 2.21. The minimum absolute atomic E-state index is 0.115. The lowest BCUT2D eigenvalue weighted by molar-refractivity contribution is 0.0402. The molecule has 6 nitrogen and oxygen atoms in total. The highest BCUT2D eigenvalue weighted by atomic mass is 16.5. The Morgan fingerprint density at radius 3 is 2.95 bits per heavy atom. The summed E-state index contributed by atoms with van der Waals surface area (Å²) in [5.74, 6) is 1.83. The van der Waals surface area contributed by atoms with Gasteiger partial charge >= 0.3 is 0 Å². The zero-order valence-corrected chi connectivity index (χ0v) is 13.6. The van der Waals surface area contributed by atoms with Crippen LogP contribution in [0.25, 0.3) is 0 Å². The molecule has 1 aromatic heterocycles. The molecule has 0 saturated carbocycles. The number of nitrogens with one attached hydrogen (secondary N) is 1. The molecule has 2 unspecified atom stereocenters. The number of hydrogen-bond donors (Lipinski definition) is 1. The predicted octanol–water partition coefficient (Wildman–Crippen LogP) is 1.99. The summed E-state index contributed by atoms with van der Waals surface area (Å²) in [6, 6.07) is 0.564. The summed E-state index contributed by atoms with van der Waals surface area (Å²) in [4.78, 5) is 6.83. The summed E-state index contributed by atoms with van der Waals surface area (Å²) in [6.07, 6.45) is 2.33. The van der Waals surface area contributed by atoms with Crippen LogP contribution in [-0.4, -0.2) is 47.8 Å². The lowest BCUT2D eigenvalue weighted by Crippen LogP contribution is -2.43. The van der Waals surface area contributed by atoms with Crippen molar-refractivity contribution in [3.63, 3.8) is 0 Å². The normalized spacial score (nSPS) is 21.9. The fraction of sp³-hybridized carbons (Fsp3) is 0.867. The highest BCUT2D eigenvalue weighted by molar-refractivity contribution is 4.91. The van der Waals surface area contributed by atoms with Gasteiger partial charge in [0.15, 0.2) is 5.82 Å². The van der Waals surface area contributed by atoms with Crippen molar-refractivity contribution in [1.82, 2.24) is 20.4 Å². The van der Waals surface area contributed by atoms with Crippen LogP contribution < -0.4 is 5.32 Å². The minimum atomic E-state index is -0.115. The maximum absolute atomic E-state index is 5.72. The zero-order chi connectivity index (χ0) is 15.2. The SMILES string of the molecule is CNC1CCCN(Cc2nc(C(C)OCC(C)C)no2)C1. The average Bonchev–Trinajstić information content (AvgIpc) is 2.93. The van der Waals surface area contributed by atoms with E-state index in [0.29, 0.717) is 30.3 Å². The lowest BCUT2D eigenvalue weighted by Gasteiger charge is -2.31. The van der Waals surface area contributed by atoms with Gasteiger partial charge in [0, 0.05) is 19.2 Å². The zero-order valence-electron chi connectivity index (χ0n) is 13.6. The number of hydrogen-bond acceptors (Lipinski definition) is 6. The molecule has 1 aliphatic rings. The average molecular weight is 296 g/mol. The van der Waals surface area contributed by atoms with Gasteiger partial charge in [-0.15, -0.1) is 0 Å². The molecule has 2 atom stereocenters. The summed E-state index contributed by atoms with van der Waals surface area (Å²) >= 11 is 0. The number of nitrogens with zero attached hydrogens (tertiary/aromatic N) is 3. The Balaban J connectivity index is 1.84. The number of likely N-dealkylation sites (tertiary alicyclic amines) is 1. The van der Waals surface area contributed by atoms with E-state index >= 15 is 0 Å². The number of likely N-dealkylation sites (N-methyl/N-ethyl adjacent to an activating group) is 1. The summed E-state index contributed by atoms with van der Waals surface area (Å²) in [7, 11) is 2.02. The van der Waals surface area contributed by atoms with E-state index in [9.17, 15) is 0 Å². The minimum Gasteiger partial charge on any atom is -0.370 e. The first kappa shape index (κ1) is 16.4. The quantitative estimate of drug-likeness (QED) is 0.830. The van der Waals surface area contributed by atoms with Crippen molar-refractivity contribution in [2.45, 2.75) is 52.3 Å². The maximum Gasteiger partial charge on any atom is 0.240 e. The van der Waals surface area contributed by atoms with E-state index in [1.807, 2.05) is 14.0 Å². The summed E-state index contributed by atoms with van der Waals surface area (Å²) in [5, 5.41) is 7.39. The van der Waals surface area contributed by atoms with E-state index in [1.165, 1.54) is 12.8 Å². The van der Waals surface area contributed by atoms with Crippen LogP contribution >= 0.6 is 0 Å². The first-order valence-electron chi connectivity index (χ1n) is 7.92. The molecule has 0 spiro atoms. The molecule has 21 heavy (non-hydrogen) atoms. The predicted molar refractivity (Wildman–Crippen MR) is 80.9 cm³/mol. The van der Waals surface area contributed by atoms with Gasteiger partial charge in [0.2, 0.25) is 5.89 Å². The molecule has 6 heteroatoms. The topological polar surface area (TPSA) is 63.4 Å². The second-order valence-electron chi connectivity index (χ2n) is 6.28. The third kappa shape index (κ3) is 5.05. The van der Waals surface area contributed by atoms with Gasteiger partial charge in [-0.05, 0) is 39.3 Å². The van der Waals surface area contributed by atoms with E-state index in [4.69, 9.17) is 9.26 Å². The second kappa shape index (κ2) is 7.87. The summed E-state index contributed by atoms with van der Waals surface area (Å²) in [6.45, 7) is 9.78. The molecule has 2 rings (SSSR count). The van der Waals surface area contributed by atoms with Crippen LogP contribution in [0.15, 0.2) is 4.52 Å². The van der Waals surface area contributed by atoms with E-state index in [0.717, 1.165) is 19.6 Å². The molecule has 0 amide bonds. The van der Waals surface area contributed by atoms with Crippen LogP contribution in [0, 0.1) is 5.92 Å². The van der Waals surface area contributed by atoms with Crippen molar-refractivity contribution in [2.75, 3.05) is 26.7 Å². The van der Waals surface area contributed by atoms with E-state index < -0.39 is 0 Å². The van der Waals surface area contributed by atoms with Crippen LogP contribution in [0.3, 0.4) is 0 Å². The van der Waals surface area contributed by atoms with Crippen molar-refractivity contribution >= 4 is 0 Å². The Hall–Kier alpha value is -0.980. The number of ether oxygens (including phenoxy) is 1. The van der Waals surface area contributed by atoms with Crippen LogP contribution in [0.1, 0.15) is 51.4 Å². The van der Waals surface area contributed by atoms with Gasteiger partial charge in [0.1, 0.15) is 6.10 Å². The number of piperidine rings is 1. The van der Waals surface area contributed by atoms with E-state index in [2.05, 4.69) is 34.2 Å². The molecular weight excluding hydrogens is 268 g/mol. The van der Waals surface area contributed by atoms with Crippen molar-refractivity contribution in [1.29, 1.82) is 0 Å². The van der Waals surface area contributed by atoms with E-state index in [-0.39, 0.29) is 6.10 Å². The molecule has 0 aromatic carbocycles. The van der Waals surface area contributed by atoms with Gasteiger partial charge in [0.25, 0.3) is 0 Å². The molecule has 1 aromatic rings.